The van der Waals surface area contributed by atoms with Gasteiger partial charge in [0.05, 0.1) is 17.7 Å². The molecule has 7 heteroatoms. The monoisotopic (exact) mass is 379 g/mol. The minimum atomic E-state index is -4.60. The van der Waals surface area contributed by atoms with Crippen molar-refractivity contribution < 1.29 is 27.1 Å². The van der Waals surface area contributed by atoms with Crippen LogP contribution in [0.1, 0.15) is 53.4 Å². The number of benzene rings is 1. The van der Waals surface area contributed by atoms with E-state index < -0.39 is 28.9 Å². The number of allylic oxidation sites excluding steroid dienone is 1. The van der Waals surface area contributed by atoms with Gasteiger partial charge in [0.25, 0.3) is 0 Å². The molecule has 0 aliphatic heterocycles. The van der Waals surface area contributed by atoms with Crippen LogP contribution in [0, 0.1) is 5.82 Å². The third-order valence-corrected chi connectivity index (χ3v) is 4.51. The lowest BCUT2D eigenvalue weighted by Gasteiger charge is -2.18. The van der Waals surface area contributed by atoms with Crippen LogP contribution in [0.2, 0.25) is 0 Å². The standard InChI is InChI=1S/C20H17F4NO2/c1-4-27-18(26)13-7-12-14(9-19(2,3)15(12)8-17(13)21)11-5-6-25-10-16(11)20(22,23)24/h5-10H,4H2,1-3H3. The van der Waals surface area contributed by atoms with Crippen molar-refractivity contribution in [1.82, 2.24) is 4.98 Å². The Morgan fingerprint density at radius 1 is 1.22 bits per heavy atom. The van der Waals surface area contributed by atoms with Crippen LogP contribution in [0.5, 0.6) is 0 Å². The number of pyridine rings is 1. The van der Waals surface area contributed by atoms with Gasteiger partial charge in [0, 0.05) is 17.8 Å². The van der Waals surface area contributed by atoms with Crippen LogP contribution in [0.4, 0.5) is 17.6 Å². The van der Waals surface area contributed by atoms with E-state index in [4.69, 9.17) is 4.74 Å². The van der Waals surface area contributed by atoms with Gasteiger partial charge in [-0.15, -0.1) is 0 Å². The average molecular weight is 379 g/mol. The van der Waals surface area contributed by atoms with Gasteiger partial charge in [0.2, 0.25) is 0 Å². The third-order valence-electron chi connectivity index (χ3n) is 4.51. The number of carbonyl (C=O) groups excluding carboxylic acids is 1. The molecule has 0 saturated carbocycles. The molecule has 0 N–H and O–H groups in total. The van der Waals surface area contributed by atoms with Crippen LogP contribution in [-0.4, -0.2) is 17.6 Å². The minimum absolute atomic E-state index is 0.0616. The lowest BCUT2D eigenvalue weighted by molar-refractivity contribution is -0.138. The largest absolute Gasteiger partial charge is 0.462 e. The number of alkyl halides is 3. The van der Waals surface area contributed by atoms with Gasteiger partial charge in [-0.25, -0.2) is 9.18 Å². The van der Waals surface area contributed by atoms with E-state index in [1.807, 2.05) is 0 Å². The number of fused-ring (bicyclic) bond motifs is 1. The summed E-state index contributed by atoms with van der Waals surface area (Å²) in [5, 5.41) is 0. The van der Waals surface area contributed by atoms with Gasteiger partial charge in [-0.2, -0.15) is 13.2 Å². The maximum atomic E-state index is 14.4. The number of esters is 1. The van der Waals surface area contributed by atoms with E-state index in [-0.39, 0.29) is 23.3 Å². The second-order valence-electron chi connectivity index (χ2n) is 6.80. The fourth-order valence-electron chi connectivity index (χ4n) is 3.29. The molecule has 1 heterocycles. The maximum absolute atomic E-state index is 14.4. The molecule has 0 radical (unpaired) electrons. The van der Waals surface area contributed by atoms with Crippen molar-refractivity contribution in [2.75, 3.05) is 6.61 Å². The van der Waals surface area contributed by atoms with Crippen molar-refractivity contribution in [1.29, 1.82) is 0 Å². The molecule has 1 aliphatic rings. The van der Waals surface area contributed by atoms with Crippen molar-refractivity contribution in [2.45, 2.75) is 32.4 Å². The summed E-state index contributed by atoms with van der Waals surface area (Å²) in [4.78, 5) is 15.6. The van der Waals surface area contributed by atoms with Gasteiger partial charge in [0.15, 0.2) is 0 Å². The Morgan fingerprint density at radius 2 is 1.93 bits per heavy atom. The summed E-state index contributed by atoms with van der Waals surface area (Å²) in [6, 6.07) is 3.73. The fourth-order valence-corrected chi connectivity index (χ4v) is 3.29. The number of rotatable bonds is 3. The van der Waals surface area contributed by atoms with E-state index in [1.165, 1.54) is 24.4 Å². The van der Waals surface area contributed by atoms with E-state index in [1.54, 1.807) is 26.8 Å². The molecule has 142 valence electrons. The Kier molecular flexibility index (Phi) is 4.57. The maximum Gasteiger partial charge on any atom is 0.418 e. The van der Waals surface area contributed by atoms with Gasteiger partial charge in [-0.05, 0) is 47.4 Å². The van der Waals surface area contributed by atoms with Crippen LogP contribution in [0.25, 0.3) is 5.57 Å². The summed E-state index contributed by atoms with van der Waals surface area (Å²) in [6.07, 6.45) is -0.916. The highest BCUT2D eigenvalue weighted by Crippen LogP contribution is 2.46. The Labute approximate surface area is 153 Å². The molecule has 27 heavy (non-hydrogen) atoms. The molecule has 1 aromatic carbocycles. The Balaban J connectivity index is 2.24. The summed E-state index contributed by atoms with van der Waals surface area (Å²) in [6.45, 7) is 5.20. The quantitative estimate of drug-likeness (QED) is 0.548. The first-order valence-electron chi connectivity index (χ1n) is 8.32. The number of hydrogen-bond acceptors (Lipinski definition) is 3. The Bertz CT molecular complexity index is 945. The average Bonchev–Trinajstić information content (AvgIpc) is 2.84. The second-order valence-corrected chi connectivity index (χ2v) is 6.80. The van der Waals surface area contributed by atoms with Crippen LogP contribution >= 0.6 is 0 Å². The van der Waals surface area contributed by atoms with Crippen molar-refractivity contribution in [3.8, 4) is 0 Å². The highest BCUT2D eigenvalue weighted by atomic mass is 19.4. The topological polar surface area (TPSA) is 39.2 Å². The van der Waals surface area contributed by atoms with Crippen molar-refractivity contribution in [3.05, 3.63) is 70.3 Å². The molecule has 0 bridgehead atoms. The zero-order valence-electron chi connectivity index (χ0n) is 14.9. The SMILES string of the molecule is CCOC(=O)c1cc2c(cc1F)C(C)(C)C=C2c1ccncc1C(F)(F)F. The highest BCUT2D eigenvalue weighted by Gasteiger charge is 2.38. The number of nitrogens with zero attached hydrogens (tertiary/aromatic N) is 1. The Hall–Kier alpha value is -2.70. The number of halogens is 4. The molecule has 0 spiro atoms. The van der Waals surface area contributed by atoms with Gasteiger partial charge in [-0.1, -0.05) is 19.9 Å². The first kappa shape index (κ1) is 19.1. The number of hydrogen-bond donors (Lipinski definition) is 0. The first-order chi connectivity index (χ1) is 12.6. The van der Waals surface area contributed by atoms with E-state index in [0.717, 1.165) is 6.20 Å². The molecule has 0 atom stereocenters. The van der Waals surface area contributed by atoms with Crippen LogP contribution in [-0.2, 0) is 16.3 Å². The van der Waals surface area contributed by atoms with E-state index in [0.29, 0.717) is 11.1 Å². The molecule has 2 aromatic rings. The normalized spacial score (nSPS) is 15.3. The molecular weight excluding hydrogens is 362 g/mol. The molecule has 0 fully saturated rings. The van der Waals surface area contributed by atoms with Gasteiger partial charge in [-0.3, -0.25) is 4.98 Å². The molecular formula is C20H17F4NO2. The molecule has 3 nitrogen and oxygen atoms in total. The molecule has 0 saturated heterocycles. The van der Waals surface area contributed by atoms with Crippen LogP contribution in [0.3, 0.4) is 0 Å². The summed E-state index contributed by atoms with van der Waals surface area (Å²) >= 11 is 0. The van der Waals surface area contributed by atoms with Crippen molar-refractivity contribution >= 4 is 11.5 Å². The second kappa shape index (κ2) is 6.48. The summed E-state index contributed by atoms with van der Waals surface area (Å²) in [5.74, 6) is -1.62. The zero-order valence-corrected chi connectivity index (χ0v) is 14.9. The van der Waals surface area contributed by atoms with Gasteiger partial charge in [0.1, 0.15) is 5.82 Å². The molecule has 0 unspecified atom stereocenters. The van der Waals surface area contributed by atoms with Crippen LogP contribution in [0.15, 0.2) is 36.7 Å². The van der Waals surface area contributed by atoms with E-state index in [2.05, 4.69) is 4.98 Å². The number of ether oxygens (including phenoxy) is 1. The molecule has 0 amide bonds. The minimum Gasteiger partial charge on any atom is -0.462 e. The Morgan fingerprint density at radius 3 is 2.56 bits per heavy atom. The summed E-state index contributed by atoms with van der Waals surface area (Å²) in [5.41, 5.74) is -0.788. The molecule has 1 aromatic heterocycles. The van der Waals surface area contributed by atoms with Gasteiger partial charge < -0.3 is 4.74 Å². The number of aromatic nitrogens is 1. The number of carbonyl (C=O) groups is 1. The van der Waals surface area contributed by atoms with Gasteiger partial charge >= 0.3 is 12.1 Å². The van der Waals surface area contributed by atoms with Crippen LogP contribution < -0.4 is 0 Å². The fraction of sp³-hybridized carbons (Fsp3) is 0.300. The molecule has 3 rings (SSSR count). The first-order valence-corrected chi connectivity index (χ1v) is 8.32. The smallest absolute Gasteiger partial charge is 0.418 e. The lowest BCUT2D eigenvalue weighted by atomic mass is 9.86. The van der Waals surface area contributed by atoms with Crippen molar-refractivity contribution in [2.24, 2.45) is 0 Å². The zero-order chi connectivity index (χ0) is 20.0. The third kappa shape index (κ3) is 3.34. The summed E-state index contributed by atoms with van der Waals surface area (Å²) in [7, 11) is 0. The molecule has 1 aliphatic carbocycles. The van der Waals surface area contributed by atoms with E-state index >= 15 is 0 Å². The highest BCUT2D eigenvalue weighted by molar-refractivity contribution is 5.95. The predicted octanol–water partition coefficient (Wildman–Crippen LogP) is 5.14. The summed E-state index contributed by atoms with van der Waals surface area (Å²) < 4.78 is 59.6. The van der Waals surface area contributed by atoms with Crippen molar-refractivity contribution in [3.63, 3.8) is 0 Å². The van der Waals surface area contributed by atoms with E-state index in [9.17, 15) is 22.4 Å². The predicted molar refractivity (Wildman–Crippen MR) is 91.7 cm³/mol. The lowest BCUT2D eigenvalue weighted by Crippen LogP contribution is -2.14.